The number of aromatic amines is 1. The van der Waals surface area contributed by atoms with Crippen molar-refractivity contribution in [1.82, 2.24) is 30.2 Å². The lowest BCUT2D eigenvalue weighted by molar-refractivity contribution is -0.385. The molecule has 0 amide bonds. The van der Waals surface area contributed by atoms with Gasteiger partial charge < -0.3 is 25.8 Å². The fourth-order valence-electron chi connectivity index (χ4n) is 4.09. The predicted molar refractivity (Wildman–Crippen MR) is 138 cm³/mol. The lowest BCUT2D eigenvalue weighted by Crippen LogP contribution is -2.43. The van der Waals surface area contributed by atoms with E-state index in [4.69, 9.17) is 4.98 Å². The SMILES string of the molecule is O=[N+]([O-])c1ccc(NCCNc2ncc(-c3cnc[nH]3)c(-c3ccccc3N3CCNCC3)n2)nc1. The molecule has 0 unspecified atom stereocenters. The first-order valence-corrected chi connectivity index (χ1v) is 11.7. The minimum Gasteiger partial charge on any atom is -0.368 e. The lowest BCUT2D eigenvalue weighted by atomic mass is 10.0. The fraction of sp³-hybridized carbons (Fsp3) is 0.250. The van der Waals surface area contributed by atoms with Gasteiger partial charge in [0.1, 0.15) is 12.0 Å². The Bertz CT molecular complexity index is 1300. The molecule has 0 atom stereocenters. The van der Waals surface area contributed by atoms with Crippen molar-refractivity contribution in [2.75, 3.05) is 54.8 Å². The maximum Gasteiger partial charge on any atom is 0.287 e. The molecule has 0 saturated carbocycles. The Kier molecular flexibility index (Phi) is 6.94. The third-order valence-electron chi connectivity index (χ3n) is 5.87. The summed E-state index contributed by atoms with van der Waals surface area (Å²) in [5.74, 6) is 1.06. The molecule has 1 aromatic carbocycles. The van der Waals surface area contributed by atoms with Gasteiger partial charge in [-0.3, -0.25) is 10.1 Å². The number of piperazine rings is 1. The summed E-state index contributed by atoms with van der Waals surface area (Å²) >= 11 is 0. The average Bonchev–Trinajstić information content (AvgIpc) is 3.47. The zero-order chi connectivity index (χ0) is 24.7. The minimum absolute atomic E-state index is 0.0435. The largest absolute Gasteiger partial charge is 0.368 e. The number of anilines is 3. The molecular weight excluding hydrogens is 460 g/mol. The molecule has 1 saturated heterocycles. The number of nitro groups is 1. The quantitative estimate of drug-likeness (QED) is 0.158. The van der Waals surface area contributed by atoms with Crippen molar-refractivity contribution in [3.63, 3.8) is 0 Å². The summed E-state index contributed by atoms with van der Waals surface area (Å²) in [6.45, 7) is 4.79. The molecule has 0 spiro atoms. The molecule has 1 fully saturated rings. The zero-order valence-electron chi connectivity index (χ0n) is 19.5. The van der Waals surface area contributed by atoms with Crippen LogP contribution in [0.4, 0.5) is 23.1 Å². The number of rotatable bonds is 9. The second-order valence-corrected chi connectivity index (χ2v) is 8.19. The van der Waals surface area contributed by atoms with Crippen LogP contribution in [0.15, 0.2) is 61.3 Å². The van der Waals surface area contributed by atoms with E-state index in [2.05, 4.69) is 59.0 Å². The van der Waals surface area contributed by atoms with Gasteiger partial charge in [0.15, 0.2) is 0 Å². The van der Waals surface area contributed by atoms with Crippen molar-refractivity contribution >= 4 is 23.1 Å². The van der Waals surface area contributed by atoms with Crippen LogP contribution in [0.1, 0.15) is 0 Å². The number of nitrogens with one attached hydrogen (secondary N) is 4. The predicted octanol–water partition coefficient (Wildman–Crippen LogP) is 2.77. The highest BCUT2D eigenvalue weighted by molar-refractivity contribution is 5.86. The van der Waals surface area contributed by atoms with Gasteiger partial charge in [-0.25, -0.2) is 19.9 Å². The van der Waals surface area contributed by atoms with E-state index in [-0.39, 0.29) is 5.69 Å². The number of para-hydroxylation sites is 1. The van der Waals surface area contributed by atoms with Gasteiger partial charge in [-0.2, -0.15) is 0 Å². The molecule has 4 N–H and O–H groups in total. The summed E-state index contributed by atoms with van der Waals surface area (Å²) in [6.07, 6.45) is 6.45. The van der Waals surface area contributed by atoms with E-state index in [9.17, 15) is 10.1 Å². The van der Waals surface area contributed by atoms with Crippen molar-refractivity contribution in [1.29, 1.82) is 0 Å². The summed E-state index contributed by atoms with van der Waals surface area (Å²) < 4.78 is 0. The first-order valence-electron chi connectivity index (χ1n) is 11.7. The summed E-state index contributed by atoms with van der Waals surface area (Å²) in [7, 11) is 0. The zero-order valence-corrected chi connectivity index (χ0v) is 19.5. The van der Waals surface area contributed by atoms with Crippen molar-refractivity contribution < 1.29 is 4.92 Å². The number of aromatic nitrogens is 5. The summed E-state index contributed by atoms with van der Waals surface area (Å²) in [5.41, 5.74) is 4.65. The van der Waals surface area contributed by atoms with Crippen LogP contribution >= 0.6 is 0 Å². The second-order valence-electron chi connectivity index (χ2n) is 8.19. The monoisotopic (exact) mass is 486 g/mol. The number of hydrogen-bond acceptors (Lipinski definition) is 10. The van der Waals surface area contributed by atoms with Crippen LogP contribution in [-0.4, -0.2) is 69.1 Å². The molecule has 12 heteroatoms. The Morgan fingerprint density at radius 1 is 0.972 bits per heavy atom. The van der Waals surface area contributed by atoms with E-state index >= 15 is 0 Å². The Morgan fingerprint density at radius 3 is 2.56 bits per heavy atom. The normalized spacial score (nSPS) is 13.4. The number of hydrogen-bond donors (Lipinski definition) is 4. The molecule has 184 valence electrons. The molecule has 3 aromatic heterocycles. The van der Waals surface area contributed by atoms with Crippen molar-refractivity contribution in [3.8, 4) is 22.5 Å². The first kappa shape index (κ1) is 23.2. The van der Waals surface area contributed by atoms with Crippen LogP contribution < -0.4 is 20.9 Å². The number of nitrogens with zero attached hydrogens (tertiary/aromatic N) is 6. The highest BCUT2D eigenvalue weighted by Gasteiger charge is 2.19. The molecule has 4 aromatic rings. The summed E-state index contributed by atoms with van der Waals surface area (Å²) in [6, 6.07) is 11.3. The summed E-state index contributed by atoms with van der Waals surface area (Å²) in [4.78, 5) is 33.5. The van der Waals surface area contributed by atoms with Crippen LogP contribution in [0.25, 0.3) is 22.5 Å². The Hall–Kier alpha value is -4.58. The van der Waals surface area contributed by atoms with E-state index in [1.54, 1.807) is 24.8 Å². The molecule has 0 aliphatic carbocycles. The van der Waals surface area contributed by atoms with Gasteiger partial charge in [-0.05, 0) is 12.1 Å². The fourth-order valence-corrected chi connectivity index (χ4v) is 4.09. The third-order valence-corrected chi connectivity index (χ3v) is 5.87. The molecular formula is C24H26N10O2. The van der Waals surface area contributed by atoms with Crippen LogP contribution in [0.2, 0.25) is 0 Å². The third kappa shape index (κ3) is 5.23. The molecule has 0 bridgehead atoms. The van der Waals surface area contributed by atoms with Crippen LogP contribution in [0, 0.1) is 10.1 Å². The van der Waals surface area contributed by atoms with E-state index < -0.39 is 4.92 Å². The first-order chi connectivity index (χ1) is 17.7. The van der Waals surface area contributed by atoms with E-state index in [1.165, 1.54) is 12.3 Å². The van der Waals surface area contributed by atoms with Gasteiger partial charge >= 0.3 is 0 Å². The van der Waals surface area contributed by atoms with Crippen molar-refractivity contribution in [2.45, 2.75) is 0 Å². The number of benzene rings is 1. The molecule has 36 heavy (non-hydrogen) atoms. The molecule has 4 heterocycles. The van der Waals surface area contributed by atoms with Gasteiger partial charge in [-0.15, -0.1) is 0 Å². The van der Waals surface area contributed by atoms with Crippen molar-refractivity contribution in [2.24, 2.45) is 0 Å². The van der Waals surface area contributed by atoms with Crippen molar-refractivity contribution in [3.05, 3.63) is 71.4 Å². The van der Waals surface area contributed by atoms with Crippen LogP contribution in [0.3, 0.4) is 0 Å². The van der Waals surface area contributed by atoms with Gasteiger partial charge in [0.05, 0.1) is 28.8 Å². The molecule has 12 nitrogen and oxygen atoms in total. The second kappa shape index (κ2) is 10.8. The molecule has 1 aliphatic rings. The Morgan fingerprint density at radius 2 is 1.81 bits per heavy atom. The van der Waals surface area contributed by atoms with Crippen LogP contribution in [0.5, 0.6) is 0 Å². The van der Waals surface area contributed by atoms with E-state index in [1.807, 2.05) is 6.07 Å². The standard InChI is InChI=1S/C24H26N10O2/c35-34(36)17-5-6-22(29-13-17)27-7-8-28-24-30-14-19(20-15-26-16-31-20)23(32-24)18-3-1-2-4-21(18)33-11-9-25-10-12-33/h1-6,13-16,25H,7-12H2,(H,26,31)(H,27,29)(H,28,30,32). The van der Waals surface area contributed by atoms with E-state index in [0.717, 1.165) is 54.4 Å². The lowest BCUT2D eigenvalue weighted by Gasteiger charge is -2.31. The smallest absolute Gasteiger partial charge is 0.287 e. The van der Waals surface area contributed by atoms with Crippen LogP contribution in [-0.2, 0) is 0 Å². The van der Waals surface area contributed by atoms with Gasteiger partial charge in [0.25, 0.3) is 5.69 Å². The van der Waals surface area contributed by atoms with Gasteiger partial charge in [-0.1, -0.05) is 18.2 Å². The highest BCUT2D eigenvalue weighted by Crippen LogP contribution is 2.36. The number of pyridine rings is 1. The molecule has 0 radical (unpaired) electrons. The highest BCUT2D eigenvalue weighted by atomic mass is 16.6. The van der Waals surface area contributed by atoms with Gasteiger partial charge in [0.2, 0.25) is 5.95 Å². The summed E-state index contributed by atoms with van der Waals surface area (Å²) in [5, 5.41) is 20.6. The Balaban J connectivity index is 1.35. The topological polar surface area (TPSA) is 150 Å². The number of imidazole rings is 1. The molecule has 5 rings (SSSR count). The molecule has 1 aliphatic heterocycles. The van der Waals surface area contributed by atoms with E-state index in [0.29, 0.717) is 24.9 Å². The maximum absolute atomic E-state index is 10.8. The number of H-pyrrole nitrogens is 1. The minimum atomic E-state index is -0.472. The maximum atomic E-state index is 10.8. The Labute approximate surface area is 207 Å². The van der Waals surface area contributed by atoms with Gasteiger partial charge in [0, 0.05) is 68.3 Å². The average molecular weight is 487 g/mol.